The van der Waals surface area contributed by atoms with Crippen LogP contribution in [0.1, 0.15) is 20.7 Å². The molecule has 5 rings (SSSR count). The Morgan fingerprint density at radius 1 is 1.00 bits per heavy atom. The first-order valence-corrected chi connectivity index (χ1v) is 10.1. The molecule has 1 unspecified atom stereocenters. The lowest BCUT2D eigenvalue weighted by Gasteiger charge is -2.06. The van der Waals surface area contributed by atoms with E-state index in [1.54, 1.807) is 41.2 Å². The Kier molecular flexibility index (Phi) is 5.09. The van der Waals surface area contributed by atoms with E-state index in [-0.39, 0.29) is 11.9 Å². The molecular weight excluding hydrogens is 409 g/mol. The molecule has 1 saturated heterocycles. The van der Waals surface area contributed by atoms with Crippen molar-refractivity contribution in [1.82, 2.24) is 9.78 Å². The van der Waals surface area contributed by atoms with Crippen LogP contribution >= 0.6 is 0 Å². The Morgan fingerprint density at radius 3 is 2.44 bits per heavy atom. The summed E-state index contributed by atoms with van der Waals surface area (Å²) in [6.07, 6.45) is 1.28. The summed E-state index contributed by atoms with van der Waals surface area (Å²) in [6.45, 7) is 0.451. The summed E-state index contributed by atoms with van der Waals surface area (Å²) in [6, 6.07) is 22.0. The van der Waals surface area contributed by atoms with Gasteiger partial charge in [-0.25, -0.2) is 9.07 Å². The van der Waals surface area contributed by atoms with Crippen molar-refractivity contribution in [2.45, 2.75) is 6.10 Å². The van der Waals surface area contributed by atoms with Gasteiger partial charge < -0.3 is 10.1 Å². The van der Waals surface area contributed by atoms with Crippen LogP contribution in [-0.4, -0.2) is 34.2 Å². The van der Waals surface area contributed by atoms with Gasteiger partial charge in [0.15, 0.2) is 5.78 Å². The maximum Gasteiger partial charge on any atom is 0.259 e. The van der Waals surface area contributed by atoms with Gasteiger partial charge in [-0.15, -0.1) is 0 Å². The predicted octanol–water partition coefficient (Wildman–Crippen LogP) is 4.51. The van der Waals surface area contributed by atoms with Crippen molar-refractivity contribution < 1.29 is 18.7 Å². The fraction of sp³-hybridized carbons (Fsp3) is 0.0800. The highest BCUT2D eigenvalue weighted by molar-refractivity contribution is 6.08. The quantitative estimate of drug-likeness (QED) is 0.363. The van der Waals surface area contributed by atoms with Crippen molar-refractivity contribution in [3.8, 4) is 16.9 Å². The zero-order chi connectivity index (χ0) is 22.1. The van der Waals surface area contributed by atoms with Gasteiger partial charge in [-0.05, 0) is 30.3 Å². The summed E-state index contributed by atoms with van der Waals surface area (Å²) in [5.41, 5.74) is 3.13. The van der Waals surface area contributed by atoms with E-state index in [2.05, 4.69) is 10.4 Å². The van der Waals surface area contributed by atoms with Gasteiger partial charge in [0.25, 0.3) is 5.91 Å². The van der Waals surface area contributed by atoms with Crippen LogP contribution in [0.25, 0.3) is 16.9 Å². The molecule has 7 heteroatoms. The van der Waals surface area contributed by atoms with Crippen LogP contribution in [0.15, 0.2) is 85.1 Å². The van der Waals surface area contributed by atoms with Crippen molar-refractivity contribution in [3.05, 3.63) is 102 Å². The number of hydrogen-bond acceptors (Lipinski definition) is 4. The molecule has 1 aliphatic heterocycles. The van der Waals surface area contributed by atoms with E-state index in [1.165, 1.54) is 18.2 Å². The minimum atomic E-state index is -0.442. The third-order valence-electron chi connectivity index (χ3n) is 5.13. The number of aromatic nitrogens is 2. The lowest BCUT2D eigenvalue weighted by Crippen LogP contribution is -2.12. The highest BCUT2D eigenvalue weighted by atomic mass is 19.1. The topological polar surface area (TPSA) is 76.5 Å². The number of anilines is 1. The second kappa shape index (κ2) is 8.20. The first kappa shape index (κ1) is 19.8. The Hall–Kier alpha value is -4.10. The van der Waals surface area contributed by atoms with Crippen LogP contribution in [0.2, 0.25) is 0 Å². The molecule has 4 aromatic rings. The molecule has 6 nitrogen and oxygen atoms in total. The fourth-order valence-corrected chi connectivity index (χ4v) is 3.41. The molecule has 1 N–H and O–H groups in total. The van der Waals surface area contributed by atoms with Gasteiger partial charge in [0.1, 0.15) is 17.6 Å². The summed E-state index contributed by atoms with van der Waals surface area (Å²) in [4.78, 5) is 25.3. The molecule has 1 amide bonds. The van der Waals surface area contributed by atoms with Gasteiger partial charge in [-0.2, -0.15) is 5.10 Å². The molecule has 0 aliphatic carbocycles. The Labute approximate surface area is 183 Å². The van der Waals surface area contributed by atoms with Gasteiger partial charge in [0.2, 0.25) is 0 Å². The normalized spacial score (nSPS) is 14.7. The molecule has 2 heterocycles. The monoisotopic (exact) mass is 427 g/mol. The Morgan fingerprint density at radius 2 is 1.75 bits per heavy atom. The summed E-state index contributed by atoms with van der Waals surface area (Å²) in [5.74, 6) is -0.919. The third-order valence-corrected chi connectivity index (χ3v) is 5.13. The summed E-state index contributed by atoms with van der Waals surface area (Å²) in [7, 11) is 0. The van der Waals surface area contributed by atoms with Crippen molar-refractivity contribution >= 4 is 17.4 Å². The summed E-state index contributed by atoms with van der Waals surface area (Å²) >= 11 is 0. The van der Waals surface area contributed by atoms with Crippen LogP contribution in [-0.2, 0) is 4.74 Å². The highest BCUT2D eigenvalue weighted by Gasteiger charge is 2.32. The maximum absolute atomic E-state index is 13.5. The molecule has 0 saturated carbocycles. The number of amides is 1. The molecule has 1 aromatic heterocycles. The van der Waals surface area contributed by atoms with Gasteiger partial charge in [0.05, 0.1) is 17.9 Å². The summed E-state index contributed by atoms with van der Waals surface area (Å²) < 4.78 is 20.2. The number of carbonyl (C=O) groups is 2. The minimum Gasteiger partial charge on any atom is -0.364 e. The third kappa shape index (κ3) is 4.06. The van der Waals surface area contributed by atoms with Gasteiger partial charge in [-0.3, -0.25) is 9.59 Å². The second-order valence-electron chi connectivity index (χ2n) is 7.40. The number of epoxide rings is 1. The predicted molar refractivity (Wildman–Crippen MR) is 117 cm³/mol. The highest BCUT2D eigenvalue weighted by Crippen LogP contribution is 2.26. The van der Waals surface area contributed by atoms with E-state index < -0.39 is 11.7 Å². The number of ketones is 1. The number of nitrogens with one attached hydrogen (secondary N) is 1. The lowest BCUT2D eigenvalue weighted by atomic mass is 10.0. The molecule has 0 bridgehead atoms. The number of carbonyl (C=O) groups excluding carboxylic acids is 2. The number of halogens is 1. The first-order chi connectivity index (χ1) is 15.6. The largest absolute Gasteiger partial charge is 0.364 e. The lowest BCUT2D eigenvalue weighted by molar-refractivity contribution is 0.0953. The SMILES string of the molecule is O=C(Nc1cccc(F)c1)c1cn(-c2ccccc2)nc1-c1ccc(C(=O)C2CO2)cc1. The first-order valence-electron chi connectivity index (χ1n) is 10.1. The van der Waals surface area contributed by atoms with E-state index in [4.69, 9.17) is 4.74 Å². The number of para-hydroxylation sites is 1. The maximum atomic E-state index is 13.5. The number of benzene rings is 3. The number of Topliss-reactive ketones (excluding diaryl/α,β-unsaturated/α-hetero) is 1. The fourth-order valence-electron chi connectivity index (χ4n) is 3.41. The molecule has 158 valence electrons. The van der Waals surface area contributed by atoms with Crippen LogP contribution in [0, 0.1) is 5.82 Å². The van der Waals surface area contributed by atoms with Crippen LogP contribution in [0.5, 0.6) is 0 Å². The van der Waals surface area contributed by atoms with Gasteiger partial charge >= 0.3 is 0 Å². The molecule has 3 aromatic carbocycles. The molecule has 1 aliphatic rings. The number of ether oxygens (including phenoxy) is 1. The van der Waals surface area contributed by atoms with Crippen molar-refractivity contribution in [3.63, 3.8) is 0 Å². The van der Waals surface area contributed by atoms with Crippen molar-refractivity contribution in [1.29, 1.82) is 0 Å². The molecular formula is C25H18FN3O3. The van der Waals surface area contributed by atoms with Crippen LogP contribution < -0.4 is 5.32 Å². The second-order valence-corrected chi connectivity index (χ2v) is 7.40. The van der Waals surface area contributed by atoms with Gasteiger partial charge in [-0.1, -0.05) is 48.5 Å². The van der Waals surface area contributed by atoms with Gasteiger partial charge in [0, 0.05) is 23.0 Å². The van der Waals surface area contributed by atoms with Crippen molar-refractivity contribution in [2.75, 3.05) is 11.9 Å². The molecule has 1 atom stereocenters. The smallest absolute Gasteiger partial charge is 0.259 e. The average Bonchev–Trinajstić information content (AvgIpc) is 3.57. The number of rotatable bonds is 6. The van der Waals surface area contributed by atoms with Crippen LogP contribution in [0.3, 0.4) is 0 Å². The van der Waals surface area contributed by atoms with E-state index >= 15 is 0 Å². The molecule has 0 spiro atoms. The van der Waals surface area contributed by atoms with E-state index in [9.17, 15) is 14.0 Å². The van der Waals surface area contributed by atoms with E-state index in [0.29, 0.717) is 34.7 Å². The molecule has 1 fully saturated rings. The number of nitrogens with zero attached hydrogens (tertiary/aromatic N) is 2. The Bertz CT molecular complexity index is 1300. The summed E-state index contributed by atoms with van der Waals surface area (Å²) in [5, 5.41) is 7.35. The molecule has 32 heavy (non-hydrogen) atoms. The van der Waals surface area contributed by atoms with Crippen molar-refractivity contribution in [2.24, 2.45) is 0 Å². The Balaban J connectivity index is 1.52. The standard InChI is InChI=1S/C25H18FN3O3/c26-18-5-4-6-19(13-18)27-25(31)21-14-29(20-7-2-1-3-8-20)28-23(21)16-9-11-17(12-10-16)24(30)22-15-32-22/h1-14,22H,15H2,(H,27,31). The minimum absolute atomic E-state index is 0.0598. The zero-order valence-corrected chi connectivity index (χ0v) is 16.9. The van der Waals surface area contributed by atoms with E-state index in [0.717, 1.165) is 5.69 Å². The zero-order valence-electron chi connectivity index (χ0n) is 16.9. The van der Waals surface area contributed by atoms with E-state index in [1.807, 2.05) is 30.3 Å². The average molecular weight is 427 g/mol. The van der Waals surface area contributed by atoms with Crippen LogP contribution in [0.4, 0.5) is 10.1 Å². The number of hydrogen-bond donors (Lipinski definition) is 1. The molecule has 0 radical (unpaired) electrons.